The summed E-state index contributed by atoms with van der Waals surface area (Å²) in [5.74, 6) is -0.532. The highest BCUT2D eigenvalue weighted by Crippen LogP contribution is 2.36. The van der Waals surface area contributed by atoms with Gasteiger partial charge in [0.25, 0.3) is 0 Å². The number of halogens is 2. The average molecular weight is 425 g/mol. The SMILES string of the molecule is CC1[C@@H](CCC(O)c2ccc(F)cc2)C(=O)N1c1ccc(F)cc1.Oc1ccccc1. The summed E-state index contributed by atoms with van der Waals surface area (Å²) in [5.41, 5.74) is 1.33. The molecule has 6 heteroatoms. The number of aromatic hydroxyl groups is 1. The van der Waals surface area contributed by atoms with E-state index >= 15 is 0 Å². The van der Waals surface area contributed by atoms with Gasteiger partial charge in [-0.15, -0.1) is 0 Å². The Labute approximate surface area is 180 Å². The highest BCUT2D eigenvalue weighted by Gasteiger charge is 2.44. The third-order valence-electron chi connectivity index (χ3n) is 5.41. The summed E-state index contributed by atoms with van der Waals surface area (Å²) in [4.78, 5) is 14.0. The molecule has 0 bridgehead atoms. The van der Waals surface area contributed by atoms with E-state index in [9.17, 15) is 18.7 Å². The molecule has 2 N–H and O–H groups in total. The van der Waals surface area contributed by atoms with E-state index in [4.69, 9.17) is 5.11 Å². The van der Waals surface area contributed by atoms with Gasteiger partial charge in [-0.1, -0.05) is 30.3 Å². The number of aliphatic hydroxyl groups excluding tert-OH is 1. The number of benzene rings is 3. The van der Waals surface area contributed by atoms with Crippen LogP contribution in [0.5, 0.6) is 5.75 Å². The predicted molar refractivity (Wildman–Crippen MR) is 116 cm³/mol. The van der Waals surface area contributed by atoms with Crippen molar-refractivity contribution in [1.82, 2.24) is 0 Å². The molecule has 0 aliphatic carbocycles. The lowest BCUT2D eigenvalue weighted by Crippen LogP contribution is -2.59. The molecule has 1 amide bonds. The van der Waals surface area contributed by atoms with Gasteiger partial charge in [-0.25, -0.2) is 8.78 Å². The largest absolute Gasteiger partial charge is 0.508 e. The van der Waals surface area contributed by atoms with Gasteiger partial charge >= 0.3 is 0 Å². The average Bonchev–Trinajstić information content (AvgIpc) is 2.77. The normalized spacial score (nSPS) is 18.6. The fraction of sp³-hybridized carbons (Fsp3) is 0.240. The maximum Gasteiger partial charge on any atom is 0.232 e. The van der Waals surface area contributed by atoms with Gasteiger partial charge in [0.1, 0.15) is 17.4 Å². The van der Waals surface area contributed by atoms with Crippen LogP contribution in [0.3, 0.4) is 0 Å². The number of carbonyl (C=O) groups excluding carboxylic acids is 1. The predicted octanol–water partition coefficient (Wildman–Crippen LogP) is 5.22. The molecule has 31 heavy (non-hydrogen) atoms. The minimum Gasteiger partial charge on any atom is -0.508 e. The molecule has 0 saturated carbocycles. The van der Waals surface area contributed by atoms with Gasteiger partial charge in [-0.2, -0.15) is 0 Å². The number of β-lactam (4-membered cyclic amide) rings is 1. The smallest absolute Gasteiger partial charge is 0.232 e. The van der Waals surface area contributed by atoms with Crippen molar-refractivity contribution in [3.05, 3.63) is 96.1 Å². The monoisotopic (exact) mass is 425 g/mol. The molecular weight excluding hydrogens is 400 g/mol. The molecule has 4 nitrogen and oxygen atoms in total. The van der Waals surface area contributed by atoms with Crippen molar-refractivity contribution in [1.29, 1.82) is 0 Å². The lowest BCUT2D eigenvalue weighted by atomic mass is 9.83. The lowest BCUT2D eigenvalue weighted by Gasteiger charge is -2.45. The molecule has 1 aliphatic rings. The number of amides is 1. The fourth-order valence-corrected chi connectivity index (χ4v) is 3.63. The highest BCUT2D eigenvalue weighted by molar-refractivity contribution is 6.02. The Kier molecular flexibility index (Phi) is 7.36. The van der Waals surface area contributed by atoms with Crippen LogP contribution in [0.2, 0.25) is 0 Å². The van der Waals surface area contributed by atoms with Crippen molar-refractivity contribution in [3.8, 4) is 5.75 Å². The summed E-state index contributed by atoms with van der Waals surface area (Å²) < 4.78 is 25.9. The van der Waals surface area contributed by atoms with Crippen molar-refractivity contribution < 1.29 is 23.8 Å². The molecule has 1 heterocycles. The first-order valence-electron chi connectivity index (χ1n) is 10.1. The van der Waals surface area contributed by atoms with Gasteiger partial charge in [0.05, 0.1) is 12.0 Å². The van der Waals surface area contributed by atoms with Gasteiger partial charge in [0.15, 0.2) is 0 Å². The van der Waals surface area contributed by atoms with Gasteiger partial charge in [0.2, 0.25) is 5.91 Å². The Morgan fingerprint density at radius 3 is 1.94 bits per heavy atom. The van der Waals surface area contributed by atoms with Crippen LogP contribution in [-0.4, -0.2) is 22.2 Å². The molecule has 3 atom stereocenters. The van der Waals surface area contributed by atoms with Crippen molar-refractivity contribution >= 4 is 11.6 Å². The number of para-hydroxylation sites is 1. The summed E-state index contributed by atoms with van der Waals surface area (Å²) in [6.07, 6.45) is 0.269. The van der Waals surface area contributed by atoms with Crippen LogP contribution < -0.4 is 4.90 Å². The molecule has 162 valence electrons. The number of hydrogen-bond acceptors (Lipinski definition) is 3. The summed E-state index contributed by atoms with van der Waals surface area (Å²) in [5, 5.41) is 18.8. The number of nitrogens with zero attached hydrogens (tertiary/aromatic N) is 1. The van der Waals surface area contributed by atoms with E-state index in [0.29, 0.717) is 29.8 Å². The Morgan fingerprint density at radius 2 is 1.45 bits per heavy atom. The molecule has 0 aromatic heterocycles. The topological polar surface area (TPSA) is 60.8 Å². The van der Waals surface area contributed by atoms with E-state index < -0.39 is 6.10 Å². The maximum atomic E-state index is 13.0. The Hall–Kier alpha value is -3.25. The van der Waals surface area contributed by atoms with Gasteiger partial charge in [-0.05, 0) is 73.9 Å². The minimum absolute atomic E-state index is 0.00313. The van der Waals surface area contributed by atoms with Crippen LogP contribution in [-0.2, 0) is 4.79 Å². The zero-order chi connectivity index (χ0) is 22.4. The van der Waals surface area contributed by atoms with Crippen LogP contribution in [0.1, 0.15) is 31.4 Å². The van der Waals surface area contributed by atoms with E-state index in [0.717, 1.165) is 0 Å². The van der Waals surface area contributed by atoms with E-state index in [1.807, 2.05) is 13.0 Å². The van der Waals surface area contributed by atoms with Crippen LogP contribution >= 0.6 is 0 Å². The third kappa shape index (κ3) is 5.67. The second kappa shape index (κ2) is 10.2. The number of phenols is 1. The molecule has 1 fully saturated rings. The van der Waals surface area contributed by atoms with E-state index in [2.05, 4.69) is 0 Å². The number of carbonyl (C=O) groups is 1. The second-order valence-corrected chi connectivity index (χ2v) is 7.51. The Morgan fingerprint density at radius 1 is 0.903 bits per heavy atom. The molecule has 0 spiro atoms. The van der Waals surface area contributed by atoms with Crippen molar-refractivity contribution in [2.45, 2.75) is 31.9 Å². The molecule has 0 radical (unpaired) electrons. The zero-order valence-corrected chi connectivity index (χ0v) is 17.2. The molecule has 1 saturated heterocycles. The van der Waals surface area contributed by atoms with Crippen molar-refractivity contribution in [2.75, 3.05) is 4.90 Å². The van der Waals surface area contributed by atoms with Gasteiger partial charge in [-0.3, -0.25) is 4.79 Å². The zero-order valence-electron chi connectivity index (χ0n) is 17.2. The van der Waals surface area contributed by atoms with Gasteiger partial charge in [0, 0.05) is 11.7 Å². The van der Waals surface area contributed by atoms with Crippen molar-refractivity contribution in [2.24, 2.45) is 5.92 Å². The first-order chi connectivity index (χ1) is 14.9. The number of hydrogen-bond donors (Lipinski definition) is 2. The quantitative estimate of drug-likeness (QED) is 0.551. The highest BCUT2D eigenvalue weighted by atomic mass is 19.1. The number of aliphatic hydroxyl groups is 1. The summed E-state index contributed by atoms with van der Waals surface area (Å²) in [6.45, 7) is 1.94. The first kappa shape index (κ1) is 22.4. The Bertz CT molecular complexity index is 978. The molecule has 2 unspecified atom stereocenters. The maximum absolute atomic E-state index is 13.0. The van der Waals surface area contributed by atoms with Crippen LogP contribution in [0.25, 0.3) is 0 Å². The first-order valence-corrected chi connectivity index (χ1v) is 10.1. The molecule has 1 aliphatic heterocycles. The third-order valence-corrected chi connectivity index (χ3v) is 5.41. The number of rotatable bonds is 5. The summed E-state index contributed by atoms with van der Waals surface area (Å²) in [7, 11) is 0. The van der Waals surface area contributed by atoms with E-state index in [1.54, 1.807) is 53.4 Å². The van der Waals surface area contributed by atoms with E-state index in [-0.39, 0.29) is 29.5 Å². The molecule has 3 aromatic carbocycles. The van der Waals surface area contributed by atoms with Crippen LogP contribution in [0, 0.1) is 17.6 Å². The van der Waals surface area contributed by atoms with Gasteiger partial charge < -0.3 is 15.1 Å². The summed E-state index contributed by atoms with van der Waals surface area (Å²) >= 11 is 0. The van der Waals surface area contributed by atoms with Crippen LogP contribution in [0.15, 0.2) is 78.9 Å². The minimum atomic E-state index is -0.717. The standard InChI is InChI=1S/C19H19F2NO2.C6H6O/c1-12-17(10-11-18(23)13-2-4-14(20)5-3-13)19(24)22(12)16-8-6-15(21)7-9-16;7-6-4-2-1-3-5-6/h2-9,12,17-18,23H,10-11H2,1H3;1-5,7H/t12?,17-,18?;/m1./s1. The molecule has 4 rings (SSSR count). The molecular formula is C25H25F2NO3. The lowest BCUT2D eigenvalue weighted by molar-refractivity contribution is -0.130. The van der Waals surface area contributed by atoms with Crippen LogP contribution in [0.4, 0.5) is 14.5 Å². The second-order valence-electron chi connectivity index (χ2n) is 7.51. The number of phenolic OH excluding ortho intramolecular Hbond substituents is 1. The Balaban J connectivity index is 0.000000330. The van der Waals surface area contributed by atoms with E-state index in [1.165, 1.54) is 24.3 Å². The molecule has 3 aromatic rings. The van der Waals surface area contributed by atoms with Crippen molar-refractivity contribution in [3.63, 3.8) is 0 Å². The summed E-state index contributed by atoms with van der Waals surface area (Å²) in [6, 6.07) is 20.3. The fourth-order valence-electron chi connectivity index (χ4n) is 3.63. The number of anilines is 1.